The number of aromatic nitrogens is 2. The molecule has 0 aliphatic heterocycles. The third-order valence-corrected chi connectivity index (χ3v) is 16.8. The first-order valence-electron chi connectivity index (χ1n) is 20.4. The number of aliphatic carboxylic acids is 1. The number of rotatable bonds is 10. The zero-order chi connectivity index (χ0) is 38.2. The first kappa shape index (κ1) is 41.5. The first-order chi connectivity index (χ1) is 24.1. The molecule has 1 aromatic rings. The number of carboxylic acids is 1. The van der Waals surface area contributed by atoms with Gasteiger partial charge in [-0.15, -0.1) is 0 Å². The molecule has 53 heavy (non-hydrogen) atoms. The number of nitrogens with zero attached hydrogens (tertiary/aromatic N) is 2. The van der Waals surface area contributed by atoms with Crippen molar-refractivity contribution in [1.29, 1.82) is 0 Å². The highest BCUT2D eigenvalue weighted by atomic mass is 16.5. The number of carbonyl (C=O) groups excluding carboxylic acids is 2. The van der Waals surface area contributed by atoms with Crippen molar-refractivity contribution in [3.05, 3.63) is 29.6 Å². The lowest BCUT2D eigenvalue weighted by atomic mass is 9.32. The van der Waals surface area contributed by atoms with Gasteiger partial charge in [-0.05, 0) is 141 Å². The van der Waals surface area contributed by atoms with E-state index in [4.69, 9.17) is 4.74 Å². The third-order valence-electron chi connectivity index (χ3n) is 16.8. The average Bonchev–Trinajstić information content (AvgIpc) is 3.55. The van der Waals surface area contributed by atoms with Crippen LogP contribution in [0, 0.1) is 69.0 Å². The molecule has 0 saturated heterocycles. The van der Waals surface area contributed by atoms with E-state index in [0.29, 0.717) is 42.6 Å². The smallest absolute Gasteiger partial charge is 0.306 e. The van der Waals surface area contributed by atoms with Crippen molar-refractivity contribution in [2.75, 3.05) is 0 Å². The standard InChI is InChI=1S/C44H69N3O5.CH4/c1-27(2)30-14-19-44(23-35(48)45-26-29-22-28(3)46-47(29)11)21-20-42(9)31(38(30)44)12-13-33-41(8)17-16-34(40(6,7)32(41)15-18-43(33,42)10)52-37(51)25-39(4,5)24-36(49)50;/h22,30-34,38H,1,12-21,23-26H2,2-11H3,(H,45,48)(H,49,50);1H4/t30-,31+,32-,33+,34-,38+,41-,42+,43+,44+;/m0./s1. The zero-order valence-electron chi connectivity index (χ0n) is 34.1. The van der Waals surface area contributed by atoms with Crippen molar-refractivity contribution >= 4 is 17.8 Å². The fourth-order valence-electron chi connectivity index (χ4n) is 14.2. The van der Waals surface area contributed by atoms with Crippen molar-refractivity contribution < 1.29 is 24.2 Å². The summed E-state index contributed by atoms with van der Waals surface area (Å²) in [6.45, 7) is 25.5. The molecule has 6 rings (SSSR count). The SMILES string of the molecule is C.C=C(C)[C@@H]1CC[C@]2(CC(=O)NCc3cc(C)nn3C)CC[C@]3(C)[C@H](CC[C@@H]4[C@@]5(C)CC[C@H](OC(=O)CC(C)(C)CC(=O)O)C(C)(C)[C@@H]5CC[C@]43C)[C@@H]12. The summed E-state index contributed by atoms with van der Waals surface area (Å²) in [7, 11) is 1.94. The van der Waals surface area contributed by atoms with E-state index < -0.39 is 11.4 Å². The van der Waals surface area contributed by atoms with Gasteiger partial charge in [0.2, 0.25) is 5.91 Å². The molecular weight excluding hydrogens is 663 g/mol. The minimum Gasteiger partial charge on any atom is -0.481 e. The molecule has 1 amide bonds. The first-order valence-corrected chi connectivity index (χ1v) is 20.4. The number of allylic oxidation sites excluding steroid dienone is 1. The largest absolute Gasteiger partial charge is 0.481 e. The van der Waals surface area contributed by atoms with E-state index >= 15 is 0 Å². The van der Waals surface area contributed by atoms with Gasteiger partial charge < -0.3 is 15.2 Å². The number of fused-ring (bicyclic) bond motifs is 7. The van der Waals surface area contributed by atoms with Gasteiger partial charge in [0, 0.05) is 18.9 Å². The number of aryl methyl sites for hydroxylation is 2. The van der Waals surface area contributed by atoms with Crippen LogP contribution in [-0.4, -0.2) is 38.8 Å². The number of carbonyl (C=O) groups is 3. The van der Waals surface area contributed by atoms with E-state index in [2.05, 4.69) is 64.6 Å². The number of esters is 1. The molecular formula is C45H73N3O5. The van der Waals surface area contributed by atoms with Crippen LogP contribution in [-0.2, 0) is 32.7 Å². The van der Waals surface area contributed by atoms with Gasteiger partial charge in [0.15, 0.2) is 0 Å². The normalized spacial score (nSPS) is 38.6. The van der Waals surface area contributed by atoms with Crippen molar-refractivity contribution in [1.82, 2.24) is 15.1 Å². The van der Waals surface area contributed by atoms with E-state index in [1.54, 1.807) is 0 Å². The van der Waals surface area contributed by atoms with Crippen LogP contribution in [0.25, 0.3) is 0 Å². The zero-order valence-corrected chi connectivity index (χ0v) is 34.1. The van der Waals surface area contributed by atoms with Crippen LogP contribution in [0.3, 0.4) is 0 Å². The predicted molar refractivity (Wildman–Crippen MR) is 211 cm³/mol. The molecule has 0 aromatic carbocycles. The minimum absolute atomic E-state index is 0. The highest BCUT2D eigenvalue weighted by Crippen LogP contribution is 2.78. The summed E-state index contributed by atoms with van der Waals surface area (Å²) < 4.78 is 8.15. The Morgan fingerprint density at radius 3 is 2.28 bits per heavy atom. The van der Waals surface area contributed by atoms with Crippen LogP contribution < -0.4 is 5.32 Å². The maximum atomic E-state index is 13.8. The Hall–Kier alpha value is -2.64. The molecule has 5 aliphatic rings. The van der Waals surface area contributed by atoms with Crippen LogP contribution in [0.1, 0.15) is 158 Å². The lowest BCUT2D eigenvalue weighted by Crippen LogP contribution is -2.67. The number of carboxylic acid groups (broad SMARTS) is 1. The molecule has 5 aliphatic carbocycles. The Kier molecular flexibility index (Phi) is 11.1. The van der Waals surface area contributed by atoms with Crippen molar-refractivity contribution in [2.24, 2.45) is 69.1 Å². The van der Waals surface area contributed by atoms with E-state index in [1.165, 1.54) is 31.3 Å². The number of hydrogen-bond donors (Lipinski definition) is 2. The Labute approximate surface area is 321 Å². The molecule has 2 N–H and O–H groups in total. The molecule has 298 valence electrons. The van der Waals surface area contributed by atoms with E-state index in [0.717, 1.165) is 49.9 Å². The van der Waals surface area contributed by atoms with E-state index in [-0.39, 0.29) is 65.3 Å². The fourth-order valence-corrected chi connectivity index (χ4v) is 14.2. The summed E-state index contributed by atoms with van der Waals surface area (Å²) in [6, 6.07) is 2.06. The summed E-state index contributed by atoms with van der Waals surface area (Å²) in [5, 5.41) is 17.1. The van der Waals surface area contributed by atoms with Gasteiger partial charge in [-0.1, -0.05) is 68.0 Å². The summed E-state index contributed by atoms with van der Waals surface area (Å²) >= 11 is 0. The van der Waals surface area contributed by atoms with Crippen LogP contribution in [0.4, 0.5) is 0 Å². The Bertz CT molecular complexity index is 1590. The van der Waals surface area contributed by atoms with E-state index in [9.17, 15) is 19.5 Å². The maximum Gasteiger partial charge on any atom is 0.306 e. The number of ether oxygens (including phenoxy) is 1. The van der Waals surface area contributed by atoms with Crippen molar-refractivity contribution in [2.45, 2.75) is 166 Å². The molecule has 0 unspecified atom stereocenters. The lowest BCUT2D eigenvalue weighted by molar-refractivity contribution is -0.250. The molecule has 0 radical (unpaired) electrons. The van der Waals surface area contributed by atoms with Gasteiger partial charge in [0.05, 0.1) is 30.8 Å². The molecule has 8 heteroatoms. The van der Waals surface area contributed by atoms with Gasteiger partial charge in [0.1, 0.15) is 6.10 Å². The van der Waals surface area contributed by atoms with Gasteiger partial charge >= 0.3 is 11.9 Å². The number of nitrogens with one attached hydrogen (secondary N) is 1. The predicted octanol–water partition coefficient (Wildman–Crippen LogP) is 9.83. The molecule has 5 fully saturated rings. The molecule has 1 heterocycles. The molecule has 10 atom stereocenters. The van der Waals surface area contributed by atoms with Crippen molar-refractivity contribution in [3.8, 4) is 0 Å². The quantitative estimate of drug-likeness (QED) is 0.183. The van der Waals surface area contributed by atoms with Crippen molar-refractivity contribution in [3.63, 3.8) is 0 Å². The summed E-state index contributed by atoms with van der Waals surface area (Å²) in [5.41, 5.74) is 3.04. The Balaban J connectivity index is 0.00000541. The second-order valence-corrected chi connectivity index (χ2v) is 20.7. The topological polar surface area (TPSA) is 111 Å². The van der Waals surface area contributed by atoms with Gasteiger partial charge in [-0.2, -0.15) is 5.10 Å². The highest BCUT2D eigenvalue weighted by Gasteiger charge is 2.71. The lowest BCUT2D eigenvalue weighted by Gasteiger charge is -2.73. The molecule has 5 saturated carbocycles. The highest BCUT2D eigenvalue weighted by molar-refractivity contribution is 5.77. The van der Waals surface area contributed by atoms with Crippen LogP contribution in [0.15, 0.2) is 18.2 Å². The second-order valence-electron chi connectivity index (χ2n) is 20.7. The summed E-state index contributed by atoms with van der Waals surface area (Å²) in [4.78, 5) is 38.4. The van der Waals surface area contributed by atoms with E-state index in [1.807, 2.05) is 32.5 Å². The summed E-state index contributed by atoms with van der Waals surface area (Å²) in [6.07, 6.45) is 11.7. The fraction of sp³-hybridized carbons (Fsp3) is 0.822. The maximum absolute atomic E-state index is 13.8. The van der Waals surface area contributed by atoms with Gasteiger partial charge in [-0.3, -0.25) is 19.1 Å². The summed E-state index contributed by atoms with van der Waals surface area (Å²) in [5.74, 6) is 1.57. The average molecular weight is 736 g/mol. The Morgan fingerprint density at radius 2 is 1.66 bits per heavy atom. The molecule has 8 nitrogen and oxygen atoms in total. The molecule has 0 bridgehead atoms. The van der Waals surface area contributed by atoms with Crippen LogP contribution in [0.5, 0.6) is 0 Å². The minimum atomic E-state index is -0.885. The molecule has 1 aromatic heterocycles. The molecule has 0 spiro atoms. The number of amides is 1. The van der Waals surface area contributed by atoms with Crippen LogP contribution in [0.2, 0.25) is 0 Å². The Morgan fingerprint density at radius 1 is 0.962 bits per heavy atom. The monoisotopic (exact) mass is 736 g/mol. The van der Waals surface area contributed by atoms with Gasteiger partial charge in [0.25, 0.3) is 0 Å². The van der Waals surface area contributed by atoms with Crippen LogP contribution >= 0.6 is 0 Å². The third kappa shape index (κ3) is 6.93. The number of hydrogen-bond acceptors (Lipinski definition) is 5. The van der Waals surface area contributed by atoms with Gasteiger partial charge in [-0.25, -0.2) is 0 Å². The second kappa shape index (κ2) is 14.1.